The van der Waals surface area contributed by atoms with Crippen LogP contribution in [0.3, 0.4) is 0 Å². The number of rotatable bonds is 6. The van der Waals surface area contributed by atoms with Crippen LogP contribution in [0.15, 0.2) is 16.5 Å². The van der Waals surface area contributed by atoms with E-state index in [0.29, 0.717) is 17.9 Å². The van der Waals surface area contributed by atoms with Gasteiger partial charge >= 0.3 is 5.97 Å². The van der Waals surface area contributed by atoms with E-state index in [9.17, 15) is 9.59 Å². The lowest BCUT2D eigenvalue weighted by Crippen LogP contribution is -2.40. The Morgan fingerprint density at radius 1 is 1.53 bits per heavy atom. The molecule has 0 bridgehead atoms. The molecule has 1 rings (SSSR count). The second kappa shape index (κ2) is 6.34. The van der Waals surface area contributed by atoms with Crippen molar-refractivity contribution in [3.05, 3.63) is 23.7 Å². The molecule has 1 heterocycles. The Bertz CT molecular complexity index is 402. The van der Waals surface area contributed by atoms with Crippen LogP contribution in [-0.4, -0.2) is 29.3 Å². The van der Waals surface area contributed by atoms with E-state index in [1.807, 2.05) is 6.26 Å². The summed E-state index contributed by atoms with van der Waals surface area (Å²) in [5.41, 5.74) is 0. The molecule has 1 aromatic heterocycles. The predicted molar refractivity (Wildman–Crippen MR) is 65.1 cm³/mol. The van der Waals surface area contributed by atoms with Crippen molar-refractivity contribution >= 4 is 23.6 Å². The van der Waals surface area contributed by atoms with Crippen molar-refractivity contribution in [1.29, 1.82) is 0 Å². The summed E-state index contributed by atoms with van der Waals surface area (Å²) in [6.07, 6.45) is 2.26. The minimum absolute atomic E-state index is 0.147. The number of thioether (sulfide) groups is 1. The van der Waals surface area contributed by atoms with Gasteiger partial charge in [-0.25, -0.2) is 4.79 Å². The quantitative estimate of drug-likeness (QED) is 0.811. The van der Waals surface area contributed by atoms with E-state index in [1.165, 1.54) is 0 Å². The molecule has 6 heteroatoms. The van der Waals surface area contributed by atoms with Crippen LogP contribution >= 0.6 is 11.8 Å². The normalized spacial score (nSPS) is 12.1. The first-order valence-corrected chi connectivity index (χ1v) is 6.59. The molecule has 0 aliphatic heterocycles. The van der Waals surface area contributed by atoms with Crippen LogP contribution in [0, 0.1) is 0 Å². The van der Waals surface area contributed by atoms with E-state index in [4.69, 9.17) is 9.52 Å². The molecule has 1 atom stereocenters. The standard InChI is InChI=1S/C11H15NO4S/c1-3-8(11(14)15)12-10(13)9-5-4-7(16-9)6-17-2/h4-5,8H,3,6H2,1-2H3,(H,12,13)(H,14,15). The smallest absolute Gasteiger partial charge is 0.326 e. The van der Waals surface area contributed by atoms with Gasteiger partial charge in [0, 0.05) is 0 Å². The molecular formula is C11H15NO4S. The number of nitrogens with one attached hydrogen (secondary N) is 1. The summed E-state index contributed by atoms with van der Waals surface area (Å²) in [5.74, 6) is -0.00761. The lowest BCUT2D eigenvalue weighted by molar-refractivity contribution is -0.139. The first-order chi connectivity index (χ1) is 8.08. The zero-order valence-corrected chi connectivity index (χ0v) is 10.5. The fourth-order valence-corrected chi connectivity index (χ4v) is 1.73. The number of carbonyl (C=O) groups is 2. The maximum absolute atomic E-state index is 11.7. The molecule has 0 saturated carbocycles. The number of carboxylic acids is 1. The minimum Gasteiger partial charge on any atom is -0.480 e. The highest BCUT2D eigenvalue weighted by atomic mass is 32.2. The first-order valence-electron chi connectivity index (χ1n) is 5.19. The molecule has 5 nitrogen and oxygen atoms in total. The highest BCUT2D eigenvalue weighted by molar-refractivity contribution is 7.97. The maximum Gasteiger partial charge on any atom is 0.326 e. The Morgan fingerprint density at radius 3 is 2.76 bits per heavy atom. The van der Waals surface area contributed by atoms with E-state index in [2.05, 4.69) is 5.32 Å². The monoisotopic (exact) mass is 257 g/mol. The van der Waals surface area contributed by atoms with Crippen molar-refractivity contribution in [2.45, 2.75) is 25.1 Å². The topological polar surface area (TPSA) is 79.5 Å². The number of amides is 1. The maximum atomic E-state index is 11.7. The first kappa shape index (κ1) is 13.6. The SMILES string of the molecule is CCC(NC(=O)c1ccc(CSC)o1)C(=O)O. The molecule has 0 aliphatic rings. The zero-order chi connectivity index (χ0) is 12.8. The summed E-state index contributed by atoms with van der Waals surface area (Å²) in [7, 11) is 0. The van der Waals surface area contributed by atoms with E-state index >= 15 is 0 Å². The number of aliphatic carboxylic acids is 1. The van der Waals surface area contributed by atoms with E-state index in [0.717, 1.165) is 0 Å². The van der Waals surface area contributed by atoms with Crippen LogP contribution in [0.2, 0.25) is 0 Å². The molecule has 0 aromatic carbocycles. The Hall–Kier alpha value is -1.43. The number of carboxylic acid groups (broad SMARTS) is 1. The van der Waals surface area contributed by atoms with Gasteiger partial charge in [0.1, 0.15) is 11.8 Å². The summed E-state index contributed by atoms with van der Waals surface area (Å²) < 4.78 is 5.29. The van der Waals surface area contributed by atoms with E-state index in [-0.39, 0.29) is 5.76 Å². The molecule has 0 aliphatic carbocycles. The summed E-state index contributed by atoms with van der Waals surface area (Å²) >= 11 is 1.58. The van der Waals surface area contributed by atoms with Crippen molar-refractivity contribution in [3.8, 4) is 0 Å². The molecule has 0 fully saturated rings. The Labute approximate surface area is 104 Å². The average Bonchev–Trinajstić information content (AvgIpc) is 2.74. The van der Waals surface area contributed by atoms with E-state index in [1.54, 1.807) is 30.8 Å². The summed E-state index contributed by atoms with van der Waals surface area (Å²) in [6.45, 7) is 1.69. The molecule has 1 aromatic rings. The Kier molecular flexibility index (Phi) is 5.09. The Balaban J connectivity index is 2.65. The van der Waals surface area contributed by atoms with E-state index < -0.39 is 17.9 Å². The molecule has 0 spiro atoms. The van der Waals surface area contributed by atoms with Crippen molar-refractivity contribution in [2.24, 2.45) is 0 Å². The number of furan rings is 1. The molecule has 2 N–H and O–H groups in total. The van der Waals surface area contributed by atoms with Crippen molar-refractivity contribution in [2.75, 3.05) is 6.26 Å². The predicted octanol–water partition coefficient (Wildman–Crippen LogP) is 1.74. The highest BCUT2D eigenvalue weighted by Crippen LogP contribution is 2.13. The molecule has 1 amide bonds. The number of hydrogen-bond donors (Lipinski definition) is 2. The van der Waals surface area contributed by atoms with Crippen molar-refractivity contribution < 1.29 is 19.1 Å². The van der Waals surface area contributed by atoms with Gasteiger partial charge in [-0.1, -0.05) is 6.92 Å². The molecular weight excluding hydrogens is 242 g/mol. The van der Waals surface area contributed by atoms with Gasteiger partial charge in [-0.2, -0.15) is 11.8 Å². The lowest BCUT2D eigenvalue weighted by Gasteiger charge is -2.10. The van der Waals surface area contributed by atoms with Crippen molar-refractivity contribution in [3.63, 3.8) is 0 Å². The van der Waals surface area contributed by atoms with Gasteiger partial charge in [0.25, 0.3) is 5.91 Å². The molecule has 1 unspecified atom stereocenters. The van der Waals surface area contributed by atoms with Gasteiger partial charge in [0.2, 0.25) is 0 Å². The Morgan fingerprint density at radius 2 is 2.24 bits per heavy atom. The van der Waals surface area contributed by atoms with Crippen molar-refractivity contribution in [1.82, 2.24) is 5.32 Å². The third-order valence-corrected chi connectivity index (χ3v) is 2.76. The van der Waals surface area contributed by atoms with Gasteiger partial charge in [-0.15, -0.1) is 0 Å². The summed E-state index contributed by atoms with van der Waals surface area (Å²) in [5, 5.41) is 11.2. The van der Waals surface area contributed by atoms with Gasteiger partial charge in [-0.05, 0) is 24.8 Å². The third-order valence-electron chi connectivity index (χ3n) is 2.18. The second-order valence-electron chi connectivity index (χ2n) is 3.47. The molecule has 0 radical (unpaired) electrons. The summed E-state index contributed by atoms with van der Waals surface area (Å²) in [6, 6.07) is 2.39. The number of carbonyl (C=O) groups excluding carboxylic acids is 1. The van der Waals surface area contributed by atoms with Crippen LogP contribution in [-0.2, 0) is 10.5 Å². The number of hydrogen-bond acceptors (Lipinski definition) is 4. The van der Waals surface area contributed by atoms with Gasteiger partial charge in [0.05, 0.1) is 5.75 Å². The highest BCUT2D eigenvalue weighted by Gasteiger charge is 2.20. The largest absolute Gasteiger partial charge is 0.480 e. The minimum atomic E-state index is -1.04. The lowest BCUT2D eigenvalue weighted by atomic mass is 10.2. The summed E-state index contributed by atoms with van der Waals surface area (Å²) in [4.78, 5) is 22.4. The van der Waals surface area contributed by atoms with Gasteiger partial charge in [-0.3, -0.25) is 4.79 Å². The zero-order valence-electron chi connectivity index (χ0n) is 9.73. The van der Waals surface area contributed by atoms with Gasteiger partial charge < -0.3 is 14.8 Å². The third kappa shape index (κ3) is 3.81. The van der Waals surface area contributed by atoms with Gasteiger partial charge in [0.15, 0.2) is 5.76 Å². The second-order valence-corrected chi connectivity index (χ2v) is 4.34. The van der Waals surface area contributed by atoms with Crippen LogP contribution in [0.4, 0.5) is 0 Å². The molecule has 17 heavy (non-hydrogen) atoms. The fourth-order valence-electron chi connectivity index (χ4n) is 1.29. The fraction of sp³-hybridized carbons (Fsp3) is 0.455. The van der Waals surface area contributed by atoms with Crippen LogP contribution < -0.4 is 5.32 Å². The van der Waals surface area contributed by atoms with Crippen LogP contribution in [0.1, 0.15) is 29.7 Å². The van der Waals surface area contributed by atoms with Crippen LogP contribution in [0.25, 0.3) is 0 Å². The molecule has 94 valence electrons. The van der Waals surface area contributed by atoms with Crippen LogP contribution in [0.5, 0.6) is 0 Å². The molecule has 0 saturated heterocycles. The average molecular weight is 257 g/mol.